The van der Waals surface area contributed by atoms with Gasteiger partial charge in [0.2, 0.25) is 0 Å². The van der Waals surface area contributed by atoms with E-state index >= 15 is 0 Å². The van der Waals surface area contributed by atoms with Crippen molar-refractivity contribution in [1.29, 1.82) is 0 Å². The summed E-state index contributed by atoms with van der Waals surface area (Å²) >= 11 is 0. The Hall–Kier alpha value is -2.69. The minimum absolute atomic E-state index is 0.207. The number of carbonyl (C=O) groups is 1. The zero-order valence-corrected chi connectivity index (χ0v) is 12.9. The van der Waals surface area contributed by atoms with Gasteiger partial charge in [-0.25, -0.2) is 9.50 Å². The molecule has 0 atom stereocenters. The third-order valence-corrected chi connectivity index (χ3v) is 3.79. The van der Waals surface area contributed by atoms with Gasteiger partial charge in [0.1, 0.15) is 5.69 Å². The average molecular weight is 294 g/mol. The molecule has 0 spiro atoms. The molecule has 0 unspecified atom stereocenters. The van der Waals surface area contributed by atoms with Crippen LogP contribution in [0, 0.1) is 13.8 Å². The number of amides is 1. The van der Waals surface area contributed by atoms with Gasteiger partial charge in [0.15, 0.2) is 5.65 Å². The number of rotatable bonds is 3. The maximum atomic E-state index is 12.4. The zero-order chi connectivity index (χ0) is 15.7. The van der Waals surface area contributed by atoms with Crippen LogP contribution in [-0.2, 0) is 6.42 Å². The maximum Gasteiger partial charge on any atom is 0.274 e. The lowest BCUT2D eigenvalue weighted by molar-refractivity contribution is 0.102. The van der Waals surface area contributed by atoms with E-state index in [0.717, 1.165) is 23.4 Å². The van der Waals surface area contributed by atoms with Crippen molar-refractivity contribution in [2.75, 3.05) is 5.32 Å². The summed E-state index contributed by atoms with van der Waals surface area (Å²) in [6.07, 6.45) is 2.47. The van der Waals surface area contributed by atoms with Crippen LogP contribution in [0.4, 0.5) is 5.69 Å². The second-order valence-electron chi connectivity index (χ2n) is 5.34. The van der Waals surface area contributed by atoms with Crippen LogP contribution in [0.3, 0.4) is 0 Å². The first kappa shape index (κ1) is 14.3. The number of hydrogen-bond donors (Lipinski definition) is 1. The van der Waals surface area contributed by atoms with Crippen LogP contribution in [0.25, 0.3) is 5.65 Å². The van der Waals surface area contributed by atoms with Gasteiger partial charge < -0.3 is 5.32 Å². The van der Waals surface area contributed by atoms with Crippen molar-refractivity contribution in [3.63, 3.8) is 0 Å². The monoisotopic (exact) mass is 294 g/mol. The fourth-order valence-electron chi connectivity index (χ4n) is 2.36. The van der Waals surface area contributed by atoms with Gasteiger partial charge >= 0.3 is 0 Å². The number of nitrogens with zero attached hydrogens (tertiary/aromatic N) is 3. The van der Waals surface area contributed by atoms with Gasteiger partial charge in [0.05, 0.1) is 6.20 Å². The molecule has 112 valence electrons. The third kappa shape index (κ3) is 2.57. The standard InChI is InChI=1S/C17H18N4O/c1-4-14-10-15(20-16-7-8-18-21(14)16)17(22)19-13-6-5-11(2)12(3)9-13/h5-10H,4H2,1-3H3,(H,19,22). The van der Waals surface area contributed by atoms with Crippen molar-refractivity contribution < 1.29 is 4.79 Å². The Morgan fingerprint density at radius 2 is 2.00 bits per heavy atom. The Morgan fingerprint density at radius 3 is 2.73 bits per heavy atom. The second-order valence-corrected chi connectivity index (χ2v) is 5.34. The van der Waals surface area contributed by atoms with Crippen LogP contribution in [0.2, 0.25) is 0 Å². The third-order valence-electron chi connectivity index (χ3n) is 3.79. The molecule has 1 amide bonds. The van der Waals surface area contributed by atoms with Gasteiger partial charge in [-0.05, 0) is 49.6 Å². The Kier molecular flexibility index (Phi) is 3.63. The minimum atomic E-state index is -0.207. The normalized spacial score (nSPS) is 10.9. The lowest BCUT2D eigenvalue weighted by atomic mass is 10.1. The van der Waals surface area contributed by atoms with E-state index in [9.17, 15) is 4.79 Å². The summed E-state index contributed by atoms with van der Waals surface area (Å²) in [5.41, 5.74) is 5.17. The van der Waals surface area contributed by atoms with Crippen molar-refractivity contribution in [3.8, 4) is 0 Å². The average Bonchev–Trinajstić information content (AvgIpc) is 2.98. The molecule has 0 saturated heterocycles. The molecule has 1 aromatic carbocycles. The molecular formula is C17H18N4O. The molecule has 0 aliphatic carbocycles. The van der Waals surface area contributed by atoms with Crippen molar-refractivity contribution in [2.45, 2.75) is 27.2 Å². The fraction of sp³-hybridized carbons (Fsp3) is 0.235. The van der Waals surface area contributed by atoms with Gasteiger partial charge in [0, 0.05) is 17.4 Å². The smallest absolute Gasteiger partial charge is 0.274 e. The fourth-order valence-corrected chi connectivity index (χ4v) is 2.36. The molecule has 22 heavy (non-hydrogen) atoms. The molecule has 0 aliphatic rings. The van der Waals surface area contributed by atoms with E-state index in [2.05, 4.69) is 15.4 Å². The van der Waals surface area contributed by atoms with E-state index in [4.69, 9.17) is 0 Å². The molecule has 5 heteroatoms. The lowest BCUT2D eigenvalue weighted by Gasteiger charge is -2.09. The molecular weight excluding hydrogens is 276 g/mol. The number of aromatic nitrogens is 3. The number of fused-ring (bicyclic) bond motifs is 1. The molecule has 0 radical (unpaired) electrons. The topological polar surface area (TPSA) is 59.3 Å². The first-order chi connectivity index (χ1) is 10.6. The van der Waals surface area contributed by atoms with Crippen molar-refractivity contribution in [1.82, 2.24) is 14.6 Å². The van der Waals surface area contributed by atoms with E-state index in [1.165, 1.54) is 5.56 Å². The Balaban J connectivity index is 1.92. The summed E-state index contributed by atoms with van der Waals surface area (Å²) in [6, 6.07) is 9.45. The van der Waals surface area contributed by atoms with Gasteiger partial charge in [-0.2, -0.15) is 5.10 Å². The predicted octanol–water partition coefficient (Wildman–Crippen LogP) is 3.16. The van der Waals surface area contributed by atoms with Crippen molar-refractivity contribution in [3.05, 3.63) is 59.0 Å². The minimum Gasteiger partial charge on any atom is -0.321 e. The first-order valence-corrected chi connectivity index (χ1v) is 7.30. The van der Waals surface area contributed by atoms with E-state index in [1.54, 1.807) is 22.8 Å². The molecule has 5 nitrogen and oxygen atoms in total. The Bertz CT molecular complexity index is 851. The van der Waals surface area contributed by atoms with Crippen LogP contribution >= 0.6 is 0 Å². The largest absolute Gasteiger partial charge is 0.321 e. The molecule has 0 saturated carbocycles. The van der Waals surface area contributed by atoms with Gasteiger partial charge in [-0.15, -0.1) is 0 Å². The summed E-state index contributed by atoms with van der Waals surface area (Å²) in [5, 5.41) is 7.12. The highest BCUT2D eigenvalue weighted by Gasteiger charge is 2.12. The molecule has 3 rings (SSSR count). The van der Waals surface area contributed by atoms with Gasteiger partial charge in [-0.1, -0.05) is 13.0 Å². The first-order valence-electron chi connectivity index (χ1n) is 7.30. The number of carbonyl (C=O) groups excluding carboxylic acids is 1. The molecule has 2 heterocycles. The van der Waals surface area contributed by atoms with Crippen molar-refractivity contribution in [2.24, 2.45) is 0 Å². The van der Waals surface area contributed by atoms with Gasteiger partial charge in [0.25, 0.3) is 5.91 Å². The lowest BCUT2D eigenvalue weighted by Crippen LogP contribution is -2.15. The Labute approximate surface area is 129 Å². The van der Waals surface area contributed by atoms with Crippen LogP contribution in [-0.4, -0.2) is 20.5 Å². The summed E-state index contributed by atoms with van der Waals surface area (Å²) in [7, 11) is 0. The molecule has 1 N–H and O–H groups in total. The second kappa shape index (κ2) is 5.60. The highest BCUT2D eigenvalue weighted by molar-refractivity contribution is 6.03. The highest BCUT2D eigenvalue weighted by Crippen LogP contribution is 2.16. The van der Waals surface area contributed by atoms with E-state index in [1.807, 2.05) is 39.0 Å². The zero-order valence-electron chi connectivity index (χ0n) is 12.9. The Morgan fingerprint density at radius 1 is 1.18 bits per heavy atom. The SMILES string of the molecule is CCc1cc(C(=O)Nc2ccc(C)c(C)c2)nc2ccnn12. The van der Waals surface area contributed by atoms with Crippen LogP contribution in [0.15, 0.2) is 36.5 Å². The number of nitrogens with one attached hydrogen (secondary N) is 1. The molecule has 3 aromatic rings. The summed E-state index contributed by atoms with van der Waals surface area (Å²) in [5.74, 6) is -0.207. The van der Waals surface area contributed by atoms with Crippen LogP contribution in [0.1, 0.15) is 34.2 Å². The highest BCUT2D eigenvalue weighted by atomic mass is 16.1. The predicted molar refractivity (Wildman–Crippen MR) is 86.2 cm³/mol. The summed E-state index contributed by atoms with van der Waals surface area (Å²) < 4.78 is 1.76. The number of benzene rings is 1. The summed E-state index contributed by atoms with van der Waals surface area (Å²) in [6.45, 7) is 6.10. The van der Waals surface area contributed by atoms with E-state index in [0.29, 0.717) is 11.3 Å². The molecule has 0 fully saturated rings. The van der Waals surface area contributed by atoms with Crippen LogP contribution < -0.4 is 5.32 Å². The number of hydrogen-bond acceptors (Lipinski definition) is 3. The summed E-state index contributed by atoms with van der Waals surface area (Å²) in [4.78, 5) is 16.8. The van der Waals surface area contributed by atoms with E-state index < -0.39 is 0 Å². The molecule has 2 aromatic heterocycles. The van der Waals surface area contributed by atoms with Crippen LogP contribution in [0.5, 0.6) is 0 Å². The van der Waals surface area contributed by atoms with E-state index in [-0.39, 0.29) is 5.91 Å². The molecule has 0 aliphatic heterocycles. The number of anilines is 1. The molecule has 0 bridgehead atoms. The van der Waals surface area contributed by atoms with Crippen molar-refractivity contribution >= 4 is 17.2 Å². The maximum absolute atomic E-state index is 12.4. The quantitative estimate of drug-likeness (QED) is 0.807. The van der Waals surface area contributed by atoms with Gasteiger partial charge in [-0.3, -0.25) is 4.79 Å². The number of aryl methyl sites for hydroxylation is 3.